The zero-order valence-corrected chi connectivity index (χ0v) is 12.3. The summed E-state index contributed by atoms with van der Waals surface area (Å²) < 4.78 is 0. The van der Waals surface area contributed by atoms with Gasteiger partial charge >= 0.3 is 5.97 Å². The molecule has 4 nitrogen and oxygen atoms in total. The lowest BCUT2D eigenvalue weighted by Gasteiger charge is -2.42. The zero-order chi connectivity index (χ0) is 13.9. The summed E-state index contributed by atoms with van der Waals surface area (Å²) in [6.45, 7) is 6.39. The van der Waals surface area contributed by atoms with Crippen LogP contribution in [0.15, 0.2) is 0 Å². The first kappa shape index (κ1) is 14.8. The van der Waals surface area contributed by atoms with Gasteiger partial charge in [-0.2, -0.15) is 0 Å². The predicted octanol–water partition coefficient (Wildman–Crippen LogP) is 2.09. The molecule has 0 amide bonds. The first-order valence-corrected chi connectivity index (χ1v) is 7.79. The second-order valence-corrected chi connectivity index (χ2v) is 6.44. The second kappa shape index (κ2) is 6.23. The molecule has 2 aliphatic rings. The van der Waals surface area contributed by atoms with Crippen molar-refractivity contribution in [2.75, 3.05) is 19.6 Å². The molecule has 1 aliphatic carbocycles. The third kappa shape index (κ3) is 3.29. The summed E-state index contributed by atoms with van der Waals surface area (Å²) in [4.78, 5) is 14.0. The first-order valence-electron chi connectivity index (χ1n) is 7.79. The van der Waals surface area contributed by atoms with Gasteiger partial charge in [0.2, 0.25) is 0 Å². The molecule has 0 aromatic carbocycles. The van der Waals surface area contributed by atoms with Crippen molar-refractivity contribution in [2.45, 2.75) is 64.0 Å². The molecule has 4 heteroatoms. The largest absolute Gasteiger partial charge is 0.480 e. The zero-order valence-electron chi connectivity index (χ0n) is 12.3. The van der Waals surface area contributed by atoms with E-state index in [0.29, 0.717) is 12.6 Å². The van der Waals surface area contributed by atoms with E-state index in [1.807, 2.05) is 6.92 Å². The van der Waals surface area contributed by atoms with Crippen molar-refractivity contribution in [1.29, 1.82) is 0 Å². The van der Waals surface area contributed by atoms with Crippen molar-refractivity contribution in [3.8, 4) is 0 Å². The minimum atomic E-state index is -0.805. The number of aliphatic carboxylic acids is 1. The molecule has 1 aliphatic heterocycles. The average Bonchev–Trinajstić information content (AvgIpc) is 2.85. The molecular formula is C15H28N2O2. The van der Waals surface area contributed by atoms with E-state index in [0.717, 1.165) is 25.4 Å². The van der Waals surface area contributed by atoms with Gasteiger partial charge < -0.3 is 10.4 Å². The van der Waals surface area contributed by atoms with Crippen LogP contribution in [-0.4, -0.2) is 47.2 Å². The van der Waals surface area contributed by atoms with E-state index in [2.05, 4.69) is 17.1 Å². The second-order valence-electron chi connectivity index (χ2n) is 6.44. The molecule has 1 saturated heterocycles. The quantitative estimate of drug-likeness (QED) is 0.774. The molecule has 0 aromatic heterocycles. The van der Waals surface area contributed by atoms with Crippen molar-refractivity contribution >= 4 is 5.97 Å². The highest BCUT2D eigenvalue weighted by atomic mass is 16.4. The van der Waals surface area contributed by atoms with Gasteiger partial charge in [0.1, 0.15) is 5.54 Å². The molecule has 0 aromatic rings. The number of piperidine rings is 1. The number of nitrogens with one attached hydrogen (secondary N) is 1. The number of hydrogen-bond acceptors (Lipinski definition) is 3. The highest BCUT2D eigenvalue weighted by molar-refractivity contribution is 5.78. The number of fused-ring (bicyclic) bond motifs is 1. The summed E-state index contributed by atoms with van der Waals surface area (Å²) in [5, 5.41) is 12.8. The number of nitrogens with zero attached hydrogens (tertiary/aromatic N) is 1. The first-order chi connectivity index (χ1) is 9.07. The Morgan fingerprint density at radius 3 is 2.79 bits per heavy atom. The molecule has 1 saturated carbocycles. The van der Waals surface area contributed by atoms with Crippen molar-refractivity contribution in [3.05, 3.63) is 0 Å². The molecule has 0 bridgehead atoms. The van der Waals surface area contributed by atoms with Crippen LogP contribution in [0.1, 0.15) is 52.4 Å². The van der Waals surface area contributed by atoms with E-state index in [-0.39, 0.29) is 0 Å². The van der Waals surface area contributed by atoms with Crippen LogP contribution < -0.4 is 5.32 Å². The van der Waals surface area contributed by atoms with Gasteiger partial charge in [-0.15, -0.1) is 0 Å². The minimum absolute atomic E-state index is 0.635. The molecule has 19 heavy (non-hydrogen) atoms. The fourth-order valence-corrected chi connectivity index (χ4v) is 3.76. The third-order valence-electron chi connectivity index (χ3n) is 4.86. The number of likely N-dealkylation sites (tertiary alicyclic amines) is 1. The number of hydrogen-bond donors (Lipinski definition) is 2. The number of carboxylic acid groups (broad SMARTS) is 1. The molecule has 3 atom stereocenters. The Morgan fingerprint density at radius 1 is 1.37 bits per heavy atom. The summed E-state index contributed by atoms with van der Waals surface area (Å²) >= 11 is 0. The Labute approximate surface area is 116 Å². The van der Waals surface area contributed by atoms with Crippen molar-refractivity contribution in [1.82, 2.24) is 10.2 Å². The fourth-order valence-electron chi connectivity index (χ4n) is 3.76. The van der Waals surface area contributed by atoms with Crippen LogP contribution in [-0.2, 0) is 4.79 Å². The Bertz CT molecular complexity index is 321. The molecule has 3 unspecified atom stereocenters. The Morgan fingerprint density at radius 2 is 2.11 bits per heavy atom. The predicted molar refractivity (Wildman–Crippen MR) is 76.3 cm³/mol. The van der Waals surface area contributed by atoms with E-state index in [4.69, 9.17) is 0 Å². The highest BCUT2D eigenvalue weighted by Crippen LogP contribution is 2.37. The van der Waals surface area contributed by atoms with Crippen molar-refractivity contribution < 1.29 is 9.90 Å². The molecule has 0 radical (unpaired) electrons. The maximum atomic E-state index is 11.6. The lowest BCUT2D eigenvalue weighted by Crippen LogP contribution is -2.60. The Hall–Kier alpha value is -0.610. The lowest BCUT2D eigenvalue weighted by atomic mass is 9.90. The molecule has 1 heterocycles. The Kier molecular flexibility index (Phi) is 4.85. The lowest BCUT2D eigenvalue weighted by molar-refractivity contribution is -0.145. The van der Waals surface area contributed by atoms with E-state index in [1.54, 1.807) is 0 Å². The van der Waals surface area contributed by atoms with E-state index in [1.165, 1.54) is 32.1 Å². The topological polar surface area (TPSA) is 52.6 Å². The summed E-state index contributed by atoms with van der Waals surface area (Å²) in [6.07, 6.45) is 7.45. The van der Waals surface area contributed by atoms with Crippen LogP contribution in [0.3, 0.4) is 0 Å². The number of rotatable bonds is 6. The van der Waals surface area contributed by atoms with E-state index < -0.39 is 11.5 Å². The van der Waals surface area contributed by atoms with E-state index >= 15 is 0 Å². The van der Waals surface area contributed by atoms with Crippen LogP contribution in [0.5, 0.6) is 0 Å². The van der Waals surface area contributed by atoms with Gasteiger partial charge in [0, 0.05) is 12.6 Å². The minimum Gasteiger partial charge on any atom is -0.480 e. The maximum absolute atomic E-state index is 11.6. The number of carbonyl (C=O) groups is 1. The molecule has 2 fully saturated rings. The summed E-state index contributed by atoms with van der Waals surface area (Å²) in [5.74, 6) is 0.0963. The molecule has 0 spiro atoms. The maximum Gasteiger partial charge on any atom is 0.324 e. The van der Waals surface area contributed by atoms with Gasteiger partial charge in [0.15, 0.2) is 0 Å². The standard InChI is InChI=1S/C15H28N2O2/c1-3-9-16-15(2,14(18)19)11-17-10-5-7-12-6-4-8-13(12)17/h12-13,16H,3-11H2,1-2H3,(H,18,19). The highest BCUT2D eigenvalue weighted by Gasteiger charge is 2.41. The van der Waals surface area contributed by atoms with Crippen LogP contribution in [0.2, 0.25) is 0 Å². The van der Waals surface area contributed by atoms with Gasteiger partial charge in [-0.25, -0.2) is 0 Å². The third-order valence-corrected chi connectivity index (χ3v) is 4.86. The normalized spacial score (nSPS) is 30.8. The summed E-state index contributed by atoms with van der Waals surface area (Å²) in [6, 6.07) is 0.635. The van der Waals surface area contributed by atoms with Crippen LogP contribution in [0.25, 0.3) is 0 Å². The molecule has 2 N–H and O–H groups in total. The van der Waals surface area contributed by atoms with Crippen molar-refractivity contribution in [2.24, 2.45) is 5.92 Å². The smallest absolute Gasteiger partial charge is 0.324 e. The van der Waals surface area contributed by atoms with E-state index in [9.17, 15) is 9.90 Å². The van der Waals surface area contributed by atoms with Gasteiger partial charge in [0.05, 0.1) is 0 Å². The monoisotopic (exact) mass is 268 g/mol. The van der Waals surface area contributed by atoms with Crippen LogP contribution in [0.4, 0.5) is 0 Å². The SMILES string of the molecule is CCCNC(C)(CN1CCCC2CCCC21)C(=O)O. The van der Waals surface area contributed by atoms with Crippen LogP contribution >= 0.6 is 0 Å². The molecular weight excluding hydrogens is 240 g/mol. The molecule has 2 rings (SSSR count). The Balaban J connectivity index is 2.01. The van der Waals surface area contributed by atoms with Crippen LogP contribution in [0, 0.1) is 5.92 Å². The van der Waals surface area contributed by atoms with Gasteiger partial charge in [-0.3, -0.25) is 9.69 Å². The van der Waals surface area contributed by atoms with Crippen molar-refractivity contribution in [3.63, 3.8) is 0 Å². The summed E-state index contributed by atoms with van der Waals surface area (Å²) in [5.41, 5.74) is -0.805. The van der Waals surface area contributed by atoms with Gasteiger partial charge in [-0.1, -0.05) is 13.3 Å². The average molecular weight is 268 g/mol. The molecule has 110 valence electrons. The number of carboxylic acids is 1. The van der Waals surface area contributed by atoms with Gasteiger partial charge in [-0.05, 0) is 58.0 Å². The van der Waals surface area contributed by atoms with Gasteiger partial charge in [0.25, 0.3) is 0 Å². The fraction of sp³-hybridized carbons (Fsp3) is 0.933. The summed E-state index contributed by atoms with van der Waals surface area (Å²) in [7, 11) is 0.